The van der Waals surface area contributed by atoms with Crippen molar-refractivity contribution in [1.29, 1.82) is 0 Å². The number of aromatic nitrogens is 3. The van der Waals surface area contributed by atoms with E-state index in [-0.39, 0.29) is 11.7 Å². The molecule has 0 bridgehead atoms. The molecular formula is C18H19N5O2S2. The number of hydrogen-bond acceptors (Lipinski definition) is 7. The Labute approximate surface area is 165 Å². The maximum atomic E-state index is 12.9. The molecule has 27 heavy (non-hydrogen) atoms. The molecule has 1 aliphatic heterocycles. The van der Waals surface area contributed by atoms with E-state index >= 15 is 0 Å². The summed E-state index contributed by atoms with van der Waals surface area (Å²) in [4.78, 5) is 15.9. The summed E-state index contributed by atoms with van der Waals surface area (Å²) in [5, 5.41) is 9.08. The summed E-state index contributed by atoms with van der Waals surface area (Å²) in [6, 6.07) is 11.6. The SMILES string of the molecule is C[C@H]1CCN(C(=O)CSc2nnc(-c3ccco3)n2N)c2ccccc2S1. The molecular weight excluding hydrogens is 382 g/mol. The minimum Gasteiger partial charge on any atom is -0.461 e. The first-order valence-corrected chi connectivity index (χ1v) is 10.4. The number of nitrogens with two attached hydrogens (primary N) is 1. The van der Waals surface area contributed by atoms with E-state index in [1.54, 1.807) is 18.4 Å². The number of nitrogens with zero attached hydrogens (tertiary/aromatic N) is 4. The summed E-state index contributed by atoms with van der Waals surface area (Å²) in [6.45, 7) is 2.90. The monoisotopic (exact) mass is 401 g/mol. The molecule has 0 saturated heterocycles. The Morgan fingerprint density at radius 2 is 2.19 bits per heavy atom. The first kappa shape index (κ1) is 18.0. The number of carbonyl (C=O) groups excluding carboxylic acids is 1. The Bertz CT molecular complexity index is 941. The fourth-order valence-corrected chi connectivity index (χ4v) is 4.74. The average molecular weight is 402 g/mol. The summed E-state index contributed by atoms with van der Waals surface area (Å²) in [6.07, 6.45) is 2.50. The average Bonchev–Trinajstić information content (AvgIpc) is 3.27. The maximum absolute atomic E-state index is 12.9. The number of rotatable bonds is 4. The molecule has 1 aromatic carbocycles. The molecule has 3 aromatic rings. The summed E-state index contributed by atoms with van der Waals surface area (Å²) < 4.78 is 6.66. The topological polar surface area (TPSA) is 90.2 Å². The lowest BCUT2D eigenvalue weighted by atomic mass is 10.2. The van der Waals surface area contributed by atoms with Gasteiger partial charge in [-0.2, -0.15) is 0 Å². The summed E-state index contributed by atoms with van der Waals surface area (Å²) in [5.41, 5.74) is 0.975. The molecule has 1 aliphatic rings. The lowest BCUT2D eigenvalue weighted by molar-refractivity contribution is -0.116. The third kappa shape index (κ3) is 3.70. The third-order valence-corrected chi connectivity index (χ3v) is 6.44. The van der Waals surface area contributed by atoms with Gasteiger partial charge in [0.1, 0.15) is 0 Å². The Balaban J connectivity index is 1.49. The van der Waals surface area contributed by atoms with E-state index in [9.17, 15) is 4.79 Å². The second-order valence-corrected chi connectivity index (χ2v) is 8.60. The standard InChI is InChI=1S/C18H19N5O2S2/c1-12-8-9-22(13-5-2-3-7-15(13)27-12)16(24)11-26-18-21-20-17(23(18)19)14-6-4-10-25-14/h2-7,10,12H,8-9,11,19H2,1H3/t12-/m0/s1. The zero-order valence-electron chi connectivity index (χ0n) is 14.7. The summed E-state index contributed by atoms with van der Waals surface area (Å²) >= 11 is 3.09. The van der Waals surface area contributed by atoms with Crippen molar-refractivity contribution >= 4 is 35.1 Å². The van der Waals surface area contributed by atoms with Crippen LogP contribution in [0.4, 0.5) is 5.69 Å². The van der Waals surface area contributed by atoms with Gasteiger partial charge in [0.15, 0.2) is 5.76 Å². The Morgan fingerprint density at radius 1 is 1.33 bits per heavy atom. The highest BCUT2D eigenvalue weighted by Crippen LogP contribution is 2.37. The van der Waals surface area contributed by atoms with Crippen molar-refractivity contribution in [2.24, 2.45) is 0 Å². The van der Waals surface area contributed by atoms with Gasteiger partial charge in [0.2, 0.25) is 16.9 Å². The minimum absolute atomic E-state index is 0.0321. The number of benzene rings is 1. The molecule has 0 saturated carbocycles. The normalized spacial score (nSPS) is 16.8. The second-order valence-electron chi connectivity index (χ2n) is 6.17. The molecule has 0 spiro atoms. The number of fused-ring (bicyclic) bond motifs is 1. The quantitative estimate of drug-likeness (QED) is 0.530. The van der Waals surface area contributed by atoms with Crippen LogP contribution in [0.25, 0.3) is 11.6 Å². The summed E-state index contributed by atoms with van der Waals surface area (Å²) in [7, 11) is 0. The highest BCUT2D eigenvalue weighted by Gasteiger charge is 2.25. The molecule has 1 amide bonds. The Morgan fingerprint density at radius 3 is 3.00 bits per heavy atom. The number of nitrogen functional groups attached to an aromatic ring is 1. The van der Waals surface area contributed by atoms with E-state index in [2.05, 4.69) is 23.2 Å². The van der Waals surface area contributed by atoms with Gasteiger partial charge in [0.25, 0.3) is 0 Å². The molecule has 2 aromatic heterocycles. The molecule has 0 fully saturated rings. The van der Waals surface area contributed by atoms with Gasteiger partial charge in [-0.15, -0.1) is 22.0 Å². The predicted molar refractivity (Wildman–Crippen MR) is 107 cm³/mol. The van der Waals surface area contributed by atoms with E-state index in [1.807, 2.05) is 34.9 Å². The number of anilines is 1. The van der Waals surface area contributed by atoms with Crippen molar-refractivity contribution in [3.8, 4) is 11.6 Å². The van der Waals surface area contributed by atoms with Gasteiger partial charge < -0.3 is 15.2 Å². The number of thioether (sulfide) groups is 2. The lowest BCUT2D eigenvalue weighted by Gasteiger charge is -2.22. The molecule has 0 aliphatic carbocycles. The van der Waals surface area contributed by atoms with Crippen molar-refractivity contribution in [3.63, 3.8) is 0 Å². The van der Waals surface area contributed by atoms with Crippen molar-refractivity contribution < 1.29 is 9.21 Å². The van der Waals surface area contributed by atoms with Crippen LogP contribution in [0.3, 0.4) is 0 Å². The second kappa shape index (κ2) is 7.69. The van der Waals surface area contributed by atoms with Crippen LogP contribution in [0.5, 0.6) is 0 Å². The summed E-state index contributed by atoms with van der Waals surface area (Å²) in [5.74, 6) is 7.30. The van der Waals surface area contributed by atoms with Crippen LogP contribution in [-0.4, -0.2) is 38.3 Å². The smallest absolute Gasteiger partial charge is 0.237 e. The van der Waals surface area contributed by atoms with E-state index < -0.39 is 0 Å². The van der Waals surface area contributed by atoms with Gasteiger partial charge >= 0.3 is 0 Å². The molecule has 0 unspecified atom stereocenters. The number of amides is 1. The molecule has 3 heterocycles. The van der Waals surface area contributed by atoms with Crippen LogP contribution in [0, 0.1) is 0 Å². The van der Waals surface area contributed by atoms with Gasteiger partial charge in [-0.05, 0) is 30.7 Å². The van der Waals surface area contributed by atoms with Gasteiger partial charge in [0, 0.05) is 16.7 Å². The van der Waals surface area contributed by atoms with Gasteiger partial charge in [-0.25, -0.2) is 4.68 Å². The minimum atomic E-state index is 0.0321. The van der Waals surface area contributed by atoms with Crippen LogP contribution in [0.1, 0.15) is 13.3 Å². The number of carbonyl (C=O) groups is 1. The lowest BCUT2D eigenvalue weighted by Crippen LogP contribution is -2.33. The van der Waals surface area contributed by atoms with E-state index in [0.29, 0.717) is 28.5 Å². The van der Waals surface area contributed by atoms with Crippen LogP contribution in [0.2, 0.25) is 0 Å². The number of hydrogen-bond donors (Lipinski definition) is 1. The van der Waals surface area contributed by atoms with Crippen molar-refractivity contribution in [2.75, 3.05) is 23.0 Å². The van der Waals surface area contributed by atoms with E-state index in [0.717, 1.165) is 17.0 Å². The van der Waals surface area contributed by atoms with E-state index in [1.165, 1.54) is 16.4 Å². The molecule has 2 N–H and O–H groups in total. The molecule has 0 radical (unpaired) electrons. The zero-order valence-corrected chi connectivity index (χ0v) is 16.4. The van der Waals surface area contributed by atoms with Crippen molar-refractivity contribution in [2.45, 2.75) is 28.6 Å². The van der Waals surface area contributed by atoms with Crippen LogP contribution in [0.15, 0.2) is 57.1 Å². The largest absolute Gasteiger partial charge is 0.461 e. The highest BCUT2D eigenvalue weighted by molar-refractivity contribution is 8.00. The van der Waals surface area contributed by atoms with Crippen molar-refractivity contribution in [1.82, 2.24) is 14.9 Å². The highest BCUT2D eigenvalue weighted by atomic mass is 32.2. The van der Waals surface area contributed by atoms with Gasteiger partial charge in [0.05, 0.1) is 17.7 Å². The maximum Gasteiger partial charge on any atom is 0.237 e. The first-order valence-electron chi connectivity index (χ1n) is 8.56. The van der Waals surface area contributed by atoms with Crippen LogP contribution < -0.4 is 10.7 Å². The Hall–Kier alpha value is -2.39. The van der Waals surface area contributed by atoms with Crippen LogP contribution >= 0.6 is 23.5 Å². The molecule has 140 valence electrons. The predicted octanol–water partition coefficient (Wildman–Crippen LogP) is 3.26. The molecule has 9 heteroatoms. The van der Waals surface area contributed by atoms with Gasteiger partial charge in [-0.1, -0.05) is 30.8 Å². The number of furan rings is 1. The van der Waals surface area contributed by atoms with Crippen molar-refractivity contribution in [3.05, 3.63) is 42.7 Å². The Kier molecular flexibility index (Phi) is 5.13. The fourth-order valence-electron chi connectivity index (χ4n) is 2.90. The third-order valence-electron chi connectivity index (χ3n) is 4.28. The van der Waals surface area contributed by atoms with Crippen LogP contribution in [-0.2, 0) is 4.79 Å². The molecule has 1 atom stereocenters. The number of para-hydroxylation sites is 1. The molecule has 7 nitrogen and oxygen atoms in total. The fraction of sp³-hybridized carbons (Fsp3) is 0.278. The zero-order chi connectivity index (χ0) is 18.8. The van der Waals surface area contributed by atoms with Gasteiger partial charge in [-0.3, -0.25) is 4.79 Å². The first-order chi connectivity index (χ1) is 13.1. The molecule has 4 rings (SSSR count). The van der Waals surface area contributed by atoms with E-state index in [4.69, 9.17) is 10.3 Å².